The van der Waals surface area contributed by atoms with Crippen molar-refractivity contribution in [2.45, 2.75) is 18.8 Å². The fraction of sp³-hybridized carbons (Fsp3) is 0.368. The number of likely N-dealkylation sites (tertiary alicyclic amines) is 1. The van der Waals surface area contributed by atoms with Crippen molar-refractivity contribution in [3.8, 4) is 11.5 Å². The molecule has 0 unspecified atom stereocenters. The third-order valence-corrected chi connectivity index (χ3v) is 4.88. The van der Waals surface area contributed by atoms with Crippen LogP contribution in [0.4, 0.5) is 5.69 Å². The molecule has 0 saturated carbocycles. The number of hydrogen-bond donors (Lipinski definition) is 1. The standard InChI is InChI=1S/C19H21N3O4/c23-19(20-15-4-5-17-18(11-15)26-13-25-17)12-21-9-6-14(7-10-21)16-3-1-2-8-22(16)24/h1-5,8,11,14H,6-7,9-10,12-13H2,(H,20,23). The van der Waals surface area contributed by atoms with Crippen LogP contribution in [-0.2, 0) is 4.79 Å². The van der Waals surface area contributed by atoms with E-state index >= 15 is 0 Å². The molecule has 0 spiro atoms. The van der Waals surface area contributed by atoms with E-state index in [0.717, 1.165) is 36.4 Å². The summed E-state index contributed by atoms with van der Waals surface area (Å²) in [6.45, 7) is 2.15. The second kappa shape index (κ2) is 7.21. The van der Waals surface area contributed by atoms with Crippen molar-refractivity contribution in [1.29, 1.82) is 0 Å². The van der Waals surface area contributed by atoms with E-state index in [0.29, 0.717) is 23.7 Å². The van der Waals surface area contributed by atoms with E-state index in [1.807, 2.05) is 12.1 Å². The number of amides is 1. The van der Waals surface area contributed by atoms with Crippen LogP contribution >= 0.6 is 0 Å². The first-order valence-corrected chi connectivity index (χ1v) is 8.79. The maximum absolute atomic E-state index is 12.3. The highest BCUT2D eigenvalue weighted by atomic mass is 16.7. The summed E-state index contributed by atoms with van der Waals surface area (Å²) in [5.74, 6) is 1.54. The number of carbonyl (C=O) groups is 1. The van der Waals surface area contributed by atoms with Gasteiger partial charge in [-0.3, -0.25) is 9.69 Å². The number of aromatic nitrogens is 1. The summed E-state index contributed by atoms with van der Waals surface area (Å²) in [5, 5.41) is 14.8. The molecular formula is C19H21N3O4. The zero-order valence-electron chi connectivity index (χ0n) is 14.4. The van der Waals surface area contributed by atoms with E-state index < -0.39 is 0 Å². The first-order valence-electron chi connectivity index (χ1n) is 8.79. The Hall–Kier alpha value is -2.80. The molecule has 0 radical (unpaired) electrons. The van der Waals surface area contributed by atoms with Crippen molar-refractivity contribution in [3.63, 3.8) is 0 Å². The van der Waals surface area contributed by atoms with Crippen LogP contribution in [0.25, 0.3) is 0 Å². The highest BCUT2D eigenvalue weighted by Crippen LogP contribution is 2.34. The van der Waals surface area contributed by atoms with Crippen LogP contribution in [0.15, 0.2) is 42.6 Å². The number of nitrogens with one attached hydrogen (secondary N) is 1. The fourth-order valence-corrected chi connectivity index (χ4v) is 3.52. The average Bonchev–Trinajstić information content (AvgIpc) is 3.11. The van der Waals surface area contributed by atoms with E-state index in [1.165, 1.54) is 0 Å². The van der Waals surface area contributed by atoms with Gasteiger partial charge in [-0.2, -0.15) is 4.73 Å². The summed E-state index contributed by atoms with van der Waals surface area (Å²) in [5.41, 5.74) is 1.52. The van der Waals surface area contributed by atoms with Gasteiger partial charge in [0.1, 0.15) is 0 Å². The molecule has 0 bridgehead atoms. The molecular weight excluding hydrogens is 334 g/mol. The molecule has 1 saturated heterocycles. The molecule has 0 atom stereocenters. The van der Waals surface area contributed by atoms with Gasteiger partial charge in [-0.25, -0.2) is 0 Å². The third-order valence-electron chi connectivity index (χ3n) is 4.88. The van der Waals surface area contributed by atoms with Crippen LogP contribution in [0, 0.1) is 5.21 Å². The van der Waals surface area contributed by atoms with Crippen molar-refractivity contribution in [3.05, 3.63) is 53.5 Å². The Morgan fingerprint density at radius 1 is 1.19 bits per heavy atom. The first-order chi connectivity index (χ1) is 12.7. The second-order valence-electron chi connectivity index (χ2n) is 6.62. The summed E-state index contributed by atoms with van der Waals surface area (Å²) in [6, 6.07) is 10.9. The van der Waals surface area contributed by atoms with Crippen LogP contribution in [0.3, 0.4) is 0 Å². The van der Waals surface area contributed by atoms with Gasteiger partial charge in [0.15, 0.2) is 23.4 Å². The second-order valence-corrected chi connectivity index (χ2v) is 6.62. The maximum atomic E-state index is 12.3. The lowest BCUT2D eigenvalue weighted by molar-refractivity contribution is -0.616. The molecule has 7 nitrogen and oxygen atoms in total. The Bertz CT molecular complexity index is 803. The monoisotopic (exact) mass is 355 g/mol. The first kappa shape index (κ1) is 16.7. The largest absolute Gasteiger partial charge is 0.618 e. The number of piperidine rings is 1. The zero-order valence-corrected chi connectivity index (χ0v) is 14.4. The van der Waals surface area contributed by atoms with E-state index in [4.69, 9.17) is 9.47 Å². The molecule has 1 aromatic carbocycles. The Kier molecular flexibility index (Phi) is 4.62. The lowest BCUT2D eigenvalue weighted by Gasteiger charge is -2.30. The van der Waals surface area contributed by atoms with Gasteiger partial charge in [-0.1, -0.05) is 6.07 Å². The predicted molar refractivity (Wildman–Crippen MR) is 95.0 cm³/mol. The van der Waals surface area contributed by atoms with Gasteiger partial charge in [0.25, 0.3) is 0 Å². The topological polar surface area (TPSA) is 77.7 Å². The van der Waals surface area contributed by atoms with Crippen molar-refractivity contribution < 1.29 is 19.0 Å². The molecule has 1 amide bonds. The van der Waals surface area contributed by atoms with Gasteiger partial charge in [-0.05, 0) is 38.1 Å². The molecule has 2 aliphatic heterocycles. The van der Waals surface area contributed by atoms with E-state index in [9.17, 15) is 10.0 Å². The summed E-state index contributed by atoms with van der Waals surface area (Å²) in [7, 11) is 0. The molecule has 1 aromatic heterocycles. The molecule has 0 aliphatic carbocycles. The number of fused-ring (bicyclic) bond motifs is 1. The number of ether oxygens (including phenoxy) is 2. The molecule has 7 heteroatoms. The molecule has 26 heavy (non-hydrogen) atoms. The van der Waals surface area contributed by atoms with Crippen LogP contribution in [0.5, 0.6) is 11.5 Å². The van der Waals surface area contributed by atoms with Gasteiger partial charge in [0.05, 0.1) is 6.54 Å². The Labute approximate surface area is 151 Å². The molecule has 2 aromatic rings. The minimum Gasteiger partial charge on any atom is -0.618 e. The molecule has 2 aliphatic rings. The van der Waals surface area contributed by atoms with Crippen molar-refractivity contribution >= 4 is 11.6 Å². The van der Waals surface area contributed by atoms with Crippen molar-refractivity contribution in [2.75, 3.05) is 31.7 Å². The van der Waals surface area contributed by atoms with Crippen molar-refractivity contribution in [1.82, 2.24) is 4.90 Å². The SMILES string of the molecule is O=C(CN1CCC(c2cccc[n+]2[O-])CC1)Nc1ccc2c(c1)OCO2. The normalized spacial score (nSPS) is 17.2. The minimum absolute atomic E-state index is 0.0547. The highest BCUT2D eigenvalue weighted by molar-refractivity contribution is 5.92. The van der Waals surface area contributed by atoms with Gasteiger partial charge >= 0.3 is 0 Å². The van der Waals surface area contributed by atoms with Crippen LogP contribution in [-0.4, -0.2) is 37.2 Å². The fourth-order valence-electron chi connectivity index (χ4n) is 3.52. The Morgan fingerprint density at radius 3 is 2.81 bits per heavy atom. The smallest absolute Gasteiger partial charge is 0.238 e. The van der Waals surface area contributed by atoms with E-state index in [1.54, 1.807) is 30.5 Å². The molecule has 1 N–H and O–H groups in total. The lowest BCUT2D eigenvalue weighted by atomic mass is 9.93. The highest BCUT2D eigenvalue weighted by Gasteiger charge is 2.26. The molecule has 3 heterocycles. The minimum atomic E-state index is -0.0547. The molecule has 136 valence electrons. The molecule has 4 rings (SSSR count). The average molecular weight is 355 g/mol. The number of nitrogens with zero attached hydrogens (tertiary/aromatic N) is 2. The third kappa shape index (κ3) is 3.57. The van der Waals surface area contributed by atoms with Crippen molar-refractivity contribution in [2.24, 2.45) is 0 Å². The molecule has 1 fully saturated rings. The Balaban J connectivity index is 1.29. The maximum Gasteiger partial charge on any atom is 0.238 e. The summed E-state index contributed by atoms with van der Waals surface area (Å²) in [4.78, 5) is 14.4. The number of anilines is 1. The number of rotatable bonds is 4. The quantitative estimate of drug-likeness (QED) is 0.669. The predicted octanol–water partition coefficient (Wildman–Crippen LogP) is 1.87. The summed E-state index contributed by atoms with van der Waals surface area (Å²) in [6.07, 6.45) is 3.30. The lowest BCUT2D eigenvalue weighted by Crippen LogP contribution is -2.41. The number of pyridine rings is 1. The van der Waals surface area contributed by atoms with Crippen LogP contribution in [0.1, 0.15) is 24.5 Å². The van der Waals surface area contributed by atoms with E-state index in [-0.39, 0.29) is 18.6 Å². The van der Waals surface area contributed by atoms with Gasteiger partial charge < -0.3 is 20.0 Å². The summed E-state index contributed by atoms with van der Waals surface area (Å²) >= 11 is 0. The number of benzene rings is 1. The number of hydrogen-bond acceptors (Lipinski definition) is 5. The van der Waals surface area contributed by atoms with Gasteiger partial charge in [0.2, 0.25) is 12.7 Å². The van der Waals surface area contributed by atoms with Gasteiger partial charge in [-0.15, -0.1) is 0 Å². The number of carbonyl (C=O) groups excluding carboxylic acids is 1. The van der Waals surface area contributed by atoms with Gasteiger partial charge in [0, 0.05) is 29.8 Å². The zero-order chi connectivity index (χ0) is 17.9. The Morgan fingerprint density at radius 2 is 2.00 bits per heavy atom. The van der Waals surface area contributed by atoms with E-state index in [2.05, 4.69) is 10.2 Å². The summed E-state index contributed by atoms with van der Waals surface area (Å²) < 4.78 is 11.5. The van der Waals surface area contributed by atoms with Crippen LogP contribution < -0.4 is 19.5 Å². The van der Waals surface area contributed by atoms with Crippen LogP contribution in [0.2, 0.25) is 0 Å².